The van der Waals surface area contributed by atoms with Crippen LogP contribution in [-0.2, 0) is 14.6 Å². The third kappa shape index (κ3) is 3.56. The van der Waals surface area contributed by atoms with Gasteiger partial charge in [-0.2, -0.15) is 0 Å². The zero-order chi connectivity index (χ0) is 16.6. The van der Waals surface area contributed by atoms with Gasteiger partial charge in [-0.15, -0.1) is 11.3 Å². The van der Waals surface area contributed by atoms with Gasteiger partial charge in [0.2, 0.25) is 5.91 Å². The van der Waals surface area contributed by atoms with Crippen LogP contribution < -0.4 is 5.32 Å². The van der Waals surface area contributed by atoms with Crippen LogP contribution in [0.5, 0.6) is 0 Å². The zero-order valence-corrected chi connectivity index (χ0v) is 13.4. The molecule has 23 heavy (non-hydrogen) atoms. The molecule has 3 rings (SSSR count). The standard InChI is InChI=1S/C14H12F2N2O3S2/c15-9-1-2-11(16)10(5-9)12-6-22-14(17-12)18-13(19)8-3-4-23(20,21)7-8/h1-2,5-6,8H,3-4,7H2,(H,17,18,19). The predicted octanol–water partition coefficient (Wildman–Crippen LogP) is 2.46. The second kappa shape index (κ2) is 5.97. The number of thiazole rings is 1. The molecule has 1 amide bonds. The number of nitrogens with one attached hydrogen (secondary N) is 1. The molecule has 1 aliphatic rings. The maximum atomic E-state index is 13.7. The van der Waals surface area contributed by atoms with E-state index in [1.165, 1.54) is 5.38 Å². The Morgan fingerprint density at radius 1 is 1.35 bits per heavy atom. The van der Waals surface area contributed by atoms with Crippen LogP contribution in [-0.4, -0.2) is 30.8 Å². The van der Waals surface area contributed by atoms with Gasteiger partial charge in [-0.1, -0.05) is 0 Å². The topological polar surface area (TPSA) is 76.1 Å². The normalized spacial score (nSPS) is 19.7. The Morgan fingerprint density at radius 2 is 2.13 bits per heavy atom. The molecule has 0 spiro atoms. The summed E-state index contributed by atoms with van der Waals surface area (Å²) in [6.07, 6.45) is 0.283. The third-order valence-corrected chi connectivity index (χ3v) is 6.07. The average molecular weight is 358 g/mol. The maximum absolute atomic E-state index is 13.7. The van der Waals surface area contributed by atoms with E-state index in [9.17, 15) is 22.0 Å². The summed E-state index contributed by atoms with van der Waals surface area (Å²) in [6, 6.07) is 3.04. The molecule has 5 nitrogen and oxygen atoms in total. The van der Waals surface area contributed by atoms with Crippen LogP contribution in [0.25, 0.3) is 11.3 Å². The predicted molar refractivity (Wildman–Crippen MR) is 82.9 cm³/mol. The lowest BCUT2D eigenvalue weighted by molar-refractivity contribution is -0.119. The molecule has 1 fully saturated rings. The number of carbonyl (C=O) groups is 1. The number of hydrogen-bond acceptors (Lipinski definition) is 5. The number of halogens is 2. The number of sulfone groups is 1. The van der Waals surface area contributed by atoms with Gasteiger partial charge in [0.1, 0.15) is 11.6 Å². The van der Waals surface area contributed by atoms with Gasteiger partial charge < -0.3 is 5.32 Å². The minimum Gasteiger partial charge on any atom is -0.302 e. The van der Waals surface area contributed by atoms with Crippen LogP contribution in [0.4, 0.5) is 13.9 Å². The van der Waals surface area contributed by atoms with Gasteiger partial charge >= 0.3 is 0 Å². The van der Waals surface area contributed by atoms with Gasteiger partial charge in [0.15, 0.2) is 15.0 Å². The quantitative estimate of drug-likeness (QED) is 0.914. The highest BCUT2D eigenvalue weighted by atomic mass is 32.2. The number of nitrogens with zero attached hydrogens (tertiary/aromatic N) is 1. The van der Waals surface area contributed by atoms with Crippen molar-refractivity contribution in [3.8, 4) is 11.3 Å². The fourth-order valence-electron chi connectivity index (χ4n) is 2.36. The summed E-state index contributed by atoms with van der Waals surface area (Å²) in [6.45, 7) is 0. The van der Waals surface area contributed by atoms with E-state index >= 15 is 0 Å². The molecule has 1 aliphatic heterocycles. The average Bonchev–Trinajstić information content (AvgIpc) is 3.08. The van der Waals surface area contributed by atoms with E-state index in [4.69, 9.17) is 0 Å². The van der Waals surface area contributed by atoms with Crippen LogP contribution in [0, 0.1) is 17.6 Å². The van der Waals surface area contributed by atoms with Crippen molar-refractivity contribution in [1.82, 2.24) is 4.98 Å². The van der Waals surface area contributed by atoms with Gasteiger partial charge in [0.25, 0.3) is 0 Å². The molecule has 1 saturated heterocycles. The smallest absolute Gasteiger partial charge is 0.230 e. The summed E-state index contributed by atoms with van der Waals surface area (Å²) in [7, 11) is -3.15. The van der Waals surface area contributed by atoms with Gasteiger partial charge in [0, 0.05) is 10.9 Å². The van der Waals surface area contributed by atoms with E-state index in [1.807, 2.05) is 0 Å². The molecular weight excluding hydrogens is 346 g/mol. The molecular formula is C14H12F2N2O3S2. The molecule has 2 heterocycles. The molecule has 0 bridgehead atoms. The Balaban J connectivity index is 1.75. The molecule has 1 aromatic carbocycles. The SMILES string of the molecule is O=C(Nc1nc(-c2cc(F)ccc2F)cs1)C1CCS(=O)(=O)C1. The van der Waals surface area contributed by atoms with Crippen LogP contribution in [0.3, 0.4) is 0 Å². The van der Waals surface area contributed by atoms with E-state index in [0.29, 0.717) is 0 Å². The number of anilines is 1. The van der Waals surface area contributed by atoms with Crippen LogP contribution >= 0.6 is 11.3 Å². The Hall–Kier alpha value is -1.87. The van der Waals surface area contributed by atoms with E-state index in [0.717, 1.165) is 29.5 Å². The van der Waals surface area contributed by atoms with Gasteiger partial charge in [0.05, 0.1) is 23.1 Å². The summed E-state index contributed by atoms with van der Waals surface area (Å²) in [5.74, 6) is -2.39. The lowest BCUT2D eigenvalue weighted by Crippen LogP contribution is -2.23. The Kier molecular flexibility index (Phi) is 4.15. The molecule has 9 heteroatoms. The lowest BCUT2D eigenvalue weighted by atomic mass is 10.1. The monoisotopic (exact) mass is 358 g/mol. The number of hydrogen-bond donors (Lipinski definition) is 1. The van der Waals surface area contributed by atoms with Gasteiger partial charge in [-0.05, 0) is 24.6 Å². The van der Waals surface area contributed by atoms with Crippen molar-refractivity contribution in [2.45, 2.75) is 6.42 Å². The number of aromatic nitrogens is 1. The highest BCUT2D eigenvalue weighted by molar-refractivity contribution is 7.91. The van der Waals surface area contributed by atoms with Gasteiger partial charge in [-0.3, -0.25) is 4.79 Å². The van der Waals surface area contributed by atoms with Crippen molar-refractivity contribution in [1.29, 1.82) is 0 Å². The van der Waals surface area contributed by atoms with Crippen LogP contribution in [0.1, 0.15) is 6.42 Å². The number of rotatable bonds is 3. The lowest BCUT2D eigenvalue weighted by Gasteiger charge is -2.06. The highest BCUT2D eigenvalue weighted by Crippen LogP contribution is 2.28. The van der Waals surface area contributed by atoms with E-state index in [1.54, 1.807) is 0 Å². The summed E-state index contributed by atoms with van der Waals surface area (Å²) in [4.78, 5) is 16.1. The van der Waals surface area contributed by atoms with Crippen molar-refractivity contribution < 1.29 is 22.0 Å². The molecule has 1 unspecified atom stereocenters. The Labute approximate surface area is 135 Å². The third-order valence-electron chi connectivity index (χ3n) is 3.54. The molecule has 1 aromatic heterocycles. The first-order valence-corrected chi connectivity index (χ1v) is 9.46. The van der Waals surface area contributed by atoms with E-state index in [-0.39, 0.29) is 34.3 Å². The minimum absolute atomic E-state index is 0.00269. The van der Waals surface area contributed by atoms with Gasteiger partial charge in [-0.25, -0.2) is 22.2 Å². The first kappa shape index (κ1) is 16.0. The summed E-state index contributed by atoms with van der Waals surface area (Å²) in [5, 5.41) is 4.25. The fourth-order valence-corrected chi connectivity index (χ4v) is 4.81. The van der Waals surface area contributed by atoms with Crippen molar-refractivity contribution in [3.63, 3.8) is 0 Å². The number of amides is 1. The summed E-state index contributed by atoms with van der Waals surface area (Å²) in [5.41, 5.74) is 0.214. The largest absolute Gasteiger partial charge is 0.302 e. The molecule has 122 valence electrons. The van der Waals surface area contributed by atoms with E-state index in [2.05, 4.69) is 10.3 Å². The second-order valence-corrected chi connectivity index (χ2v) is 8.34. The summed E-state index contributed by atoms with van der Waals surface area (Å²) < 4.78 is 49.7. The molecule has 1 N–H and O–H groups in total. The molecule has 1 atom stereocenters. The van der Waals surface area contributed by atoms with Crippen molar-refractivity contribution in [2.75, 3.05) is 16.8 Å². The fraction of sp³-hybridized carbons (Fsp3) is 0.286. The van der Waals surface area contributed by atoms with Crippen molar-refractivity contribution in [3.05, 3.63) is 35.2 Å². The minimum atomic E-state index is -3.15. The second-order valence-electron chi connectivity index (χ2n) is 5.25. The van der Waals surface area contributed by atoms with Crippen LogP contribution in [0.2, 0.25) is 0 Å². The van der Waals surface area contributed by atoms with Crippen molar-refractivity contribution >= 4 is 32.2 Å². The highest BCUT2D eigenvalue weighted by Gasteiger charge is 2.33. The summed E-state index contributed by atoms with van der Waals surface area (Å²) >= 11 is 1.06. The Bertz CT molecular complexity index is 865. The van der Waals surface area contributed by atoms with Crippen molar-refractivity contribution in [2.24, 2.45) is 5.92 Å². The van der Waals surface area contributed by atoms with Crippen LogP contribution in [0.15, 0.2) is 23.6 Å². The van der Waals surface area contributed by atoms with E-state index < -0.39 is 33.3 Å². The molecule has 0 aliphatic carbocycles. The first-order valence-electron chi connectivity index (χ1n) is 6.76. The number of carbonyl (C=O) groups excluding carboxylic acids is 1. The number of benzene rings is 1. The molecule has 0 saturated carbocycles. The molecule has 0 radical (unpaired) electrons. The maximum Gasteiger partial charge on any atom is 0.230 e. The Morgan fingerprint density at radius 3 is 2.83 bits per heavy atom. The zero-order valence-electron chi connectivity index (χ0n) is 11.8. The molecule has 2 aromatic rings. The first-order chi connectivity index (χ1) is 10.8.